The summed E-state index contributed by atoms with van der Waals surface area (Å²) in [6, 6.07) is 0. The fraction of sp³-hybridized carbons (Fsp3) is 0.778. The Kier molecular flexibility index (Phi) is 4.85. The van der Waals surface area contributed by atoms with Gasteiger partial charge in [0.1, 0.15) is 5.82 Å². The van der Waals surface area contributed by atoms with Crippen LogP contribution in [0.25, 0.3) is 0 Å². The average Bonchev–Trinajstić information content (AvgIpc) is 3.31. The van der Waals surface area contributed by atoms with Gasteiger partial charge in [0.2, 0.25) is 5.91 Å². The second-order valence-corrected chi connectivity index (χ2v) is 7.45. The van der Waals surface area contributed by atoms with Crippen molar-refractivity contribution in [3.8, 4) is 0 Å². The van der Waals surface area contributed by atoms with E-state index in [-0.39, 0.29) is 5.91 Å². The van der Waals surface area contributed by atoms with E-state index in [1.165, 1.54) is 25.1 Å². The van der Waals surface area contributed by atoms with Crippen LogP contribution < -0.4 is 0 Å². The number of imidazole rings is 1. The Hall–Kier alpha value is -1.40. The van der Waals surface area contributed by atoms with E-state index in [0.717, 1.165) is 45.1 Å². The van der Waals surface area contributed by atoms with Crippen LogP contribution in [0, 0.1) is 5.92 Å². The fourth-order valence-corrected chi connectivity index (χ4v) is 3.93. The van der Waals surface area contributed by atoms with Gasteiger partial charge in [-0.05, 0) is 38.1 Å². The Bertz CT molecular complexity index is 563. The number of piperidine rings is 1. The van der Waals surface area contributed by atoms with Gasteiger partial charge in [0, 0.05) is 44.5 Å². The van der Waals surface area contributed by atoms with E-state index in [1.807, 2.05) is 11.1 Å². The standard InChI is InChI=1S/C18H28N4O2/c23-17(21-8-10-24-11-9-21)14-20-6-1-2-16(13-20)18-19-5-7-22(18)12-15-3-4-15/h5,7,15-16H,1-4,6,8-14H2. The summed E-state index contributed by atoms with van der Waals surface area (Å²) in [5.74, 6) is 2.80. The Morgan fingerprint density at radius 2 is 2.04 bits per heavy atom. The van der Waals surface area contributed by atoms with Crippen LogP contribution in [0.15, 0.2) is 12.4 Å². The van der Waals surface area contributed by atoms with Gasteiger partial charge in [-0.3, -0.25) is 9.69 Å². The maximum absolute atomic E-state index is 12.5. The maximum Gasteiger partial charge on any atom is 0.236 e. The summed E-state index contributed by atoms with van der Waals surface area (Å²) in [4.78, 5) is 21.4. The number of ether oxygens (including phenoxy) is 1. The highest BCUT2D eigenvalue weighted by Gasteiger charge is 2.29. The first-order chi connectivity index (χ1) is 11.8. The van der Waals surface area contributed by atoms with Crippen molar-refractivity contribution in [2.24, 2.45) is 5.92 Å². The lowest BCUT2D eigenvalue weighted by atomic mass is 9.97. The molecule has 1 amide bonds. The van der Waals surface area contributed by atoms with Crippen LogP contribution in [0.5, 0.6) is 0 Å². The van der Waals surface area contributed by atoms with Crippen LogP contribution in [0.1, 0.15) is 37.4 Å². The number of aromatic nitrogens is 2. The lowest BCUT2D eigenvalue weighted by molar-refractivity contribution is -0.136. The molecule has 1 atom stereocenters. The normalized spacial score (nSPS) is 25.8. The molecule has 0 radical (unpaired) electrons. The molecule has 1 aromatic heterocycles. The number of hydrogen-bond donors (Lipinski definition) is 0. The lowest BCUT2D eigenvalue weighted by Crippen LogP contribution is -2.47. The van der Waals surface area contributed by atoms with E-state index < -0.39 is 0 Å². The Balaban J connectivity index is 1.35. The summed E-state index contributed by atoms with van der Waals surface area (Å²) < 4.78 is 7.69. The van der Waals surface area contributed by atoms with Gasteiger partial charge in [-0.15, -0.1) is 0 Å². The number of morpholine rings is 1. The summed E-state index contributed by atoms with van der Waals surface area (Å²) in [7, 11) is 0. The molecule has 2 saturated heterocycles. The van der Waals surface area contributed by atoms with E-state index in [4.69, 9.17) is 4.74 Å². The highest BCUT2D eigenvalue weighted by molar-refractivity contribution is 5.78. The van der Waals surface area contributed by atoms with Crippen molar-refractivity contribution in [2.75, 3.05) is 45.9 Å². The minimum Gasteiger partial charge on any atom is -0.378 e. The number of hydrogen-bond acceptors (Lipinski definition) is 4. The molecule has 3 heterocycles. The first-order valence-electron chi connectivity index (χ1n) is 9.38. The minimum atomic E-state index is 0.250. The molecule has 0 N–H and O–H groups in total. The SMILES string of the molecule is O=C(CN1CCCC(c2nccn2CC2CC2)C1)N1CCOCC1. The summed E-state index contributed by atoms with van der Waals surface area (Å²) in [5.41, 5.74) is 0. The third-order valence-electron chi connectivity index (χ3n) is 5.49. The Morgan fingerprint density at radius 1 is 1.21 bits per heavy atom. The number of rotatable bonds is 5. The maximum atomic E-state index is 12.5. The van der Waals surface area contributed by atoms with Crippen molar-refractivity contribution in [1.82, 2.24) is 19.4 Å². The number of amides is 1. The van der Waals surface area contributed by atoms with Crippen molar-refractivity contribution in [3.63, 3.8) is 0 Å². The van der Waals surface area contributed by atoms with Gasteiger partial charge in [-0.25, -0.2) is 4.98 Å². The molecule has 0 bridgehead atoms. The topological polar surface area (TPSA) is 50.6 Å². The zero-order chi connectivity index (χ0) is 16.4. The molecule has 6 heteroatoms. The third kappa shape index (κ3) is 3.81. The van der Waals surface area contributed by atoms with E-state index in [2.05, 4.69) is 20.6 Å². The molecule has 132 valence electrons. The molecule has 0 spiro atoms. The van der Waals surface area contributed by atoms with Gasteiger partial charge in [-0.1, -0.05) is 0 Å². The molecule has 1 aliphatic carbocycles. The van der Waals surface area contributed by atoms with Crippen molar-refractivity contribution in [2.45, 2.75) is 38.1 Å². The molecular formula is C18H28N4O2. The van der Waals surface area contributed by atoms with Crippen LogP contribution in [0.2, 0.25) is 0 Å². The third-order valence-corrected chi connectivity index (χ3v) is 5.49. The summed E-state index contributed by atoms with van der Waals surface area (Å²) >= 11 is 0. The van der Waals surface area contributed by atoms with Gasteiger partial charge < -0.3 is 14.2 Å². The van der Waals surface area contributed by atoms with E-state index in [9.17, 15) is 4.79 Å². The van der Waals surface area contributed by atoms with Crippen molar-refractivity contribution < 1.29 is 9.53 Å². The first-order valence-corrected chi connectivity index (χ1v) is 9.38. The van der Waals surface area contributed by atoms with E-state index in [0.29, 0.717) is 25.7 Å². The fourth-order valence-electron chi connectivity index (χ4n) is 3.93. The molecule has 1 aromatic rings. The molecule has 3 aliphatic rings. The number of nitrogens with zero attached hydrogens (tertiary/aromatic N) is 4. The predicted molar refractivity (Wildman–Crippen MR) is 90.8 cm³/mol. The van der Waals surface area contributed by atoms with Gasteiger partial charge in [0.15, 0.2) is 0 Å². The molecule has 2 aliphatic heterocycles. The number of carbonyl (C=O) groups excluding carboxylic acids is 1. The minimum absolute atomic E-state index is 0.250. The van der Waals surface area contributed by atoms with Crippen molar-refractivity contribution in [1.29, 1.82) is 0 Å². The highest BCUT2D eigenvalue weighted by Crippen LogP contribution is 2.33. The highest BCUT2D eigenvalue weighted by atomic mass is 16.5. The Labute approximate surface area is 143 Å². The quantitative estimate of drug-likeness (QED) is 0.816. The molecule has 1 saturated carbocycles. The van der Waals surface area contributed by atoms with Crippen LogP contribution in [0.3, 0.4) is 0 Å². The lowest BCUT2D eigenvalue weighted by Gasteiger charge is -2.34. The summed E-state index contributed by atoms with van der Waals surface area (Å²) in [6.07, 6.45) is 9.13. The monoisotopic (exact) mass is 332 g/mol. The second-order valence-electron chi connectivity index (χ2n) is 7.45. The smallest absolute Gasteiger partial charge is 0.236 e. The molecule has 0 aromatic carbocycles. The molecule has 24 heavy (non-hydrogen) atoms. The molecular weight excluding hydrogens is 304 g/mol. The molecule has 6 nitrogen and oxygen atoms in total. The second kappa shape index (κ2) is 7.23. The molecule has 1 unspecified atom stereocenters. The van der Waals surface area contributed by atoms with Gasteiger partial charge in [0.25, 0.3) is 0 Å². The predicted octanol–water partition coefficient (Wildman–Crippen LogP) is 1.33. The number of likely N-dealkylation sites (tertiary alicyclic amines) is 1. The van der Waals surface area contributed by atoms with Gasteiger partial charge >= 0.3 is 0 Å². The van der Waals surface area contributed by atoms with Crippen LogP contribution in [0.4, 0.5) is 0 Å². The van der Waals surface area contributed by atoms with Crippen LogP contribution in [-0.4, -0.2) is 71.2 Å². The van der Waals surface area contributed by atoms with Crippen LogP contribution >= 0.6 is 0 Å². The van der Waals surface area contributed by atoms with Crippen molar-refractivity contribution >= 4 is 5.91 Å². The van der Waals surface area contributed by atoms with E-state index >= 15 is 0 Å². The van der Waals surface area contributed by atoms with Gasteiger partial charge in [0.05, 0.1) is 19.8 Å². The Morgan fingerprint density at radius 3 is 2.83 bits per heavy atom. The largest absolute Gasteiger partial charge is 0.378 e. The zero-order valence-corrected chi connectivity index (χ0v) is 14.4. The zero-order valence-electron chi connectivity index (χ0n) is 14.4. The van der Waals surface area contributed by atoms with Crippen molar-refractivity contribution in [3.05, 3.63) is 18.2 Å². The average molecular weight is 332 g/mol. The van der Waals surface area contributed by atoms with Crippen LogP contribution in [-0.2, 0) is 16.1 Å². The van der Waals surface area contributed by atoms with E-state index in [1.54, 1.807) is 0 Å². The molecule has 3 fully saturated rings. The number of carbonyl (C=O) groups is 1. The molecule has 4 rings (SSSR count). The van der Waals surface area contributed by atoms with Gasteiger partial charge in [-0.2, -0.15) is 0 Å². The first kappa shape index (κ1) is 16.1. The summed E-state index contributed by atoms with van der Waals surface area (Å²) in [5, 5.41) is 0. The summed E-state index contributed by atoms with van der Waals surface area (Å²) in [6.45, 7) is 6.47.